The van der Waals surface area contributed by atoms with E-state index in [9.17, 15) is 9.59 Å². The third-order valence-corrected chi connectivity index (χ3v) is 5.89. The number of carbonyl (C=O) groups excluding carboxylic acids is 1. The second-order valence-electron chi connectivity index (χ2n) is 7.44. The molecule has 4 aromatic rings. The molecular formula is C26H23N5O4S. The smallest absolute Gasteiger partial charge is 0.335 e. The lowest BCUT2D eigenvalue weighted by Gasteiger charge is -2.11. The maximum absolute atomic E-state index is 12.4. The summed E-state index contributed by atoms with van der Waals surface area (Å²) >= 11 is 1.24. The number of carboxylic acids is 1. The lowest BCUT2D eigenvalue weighted by Crippen LogP contribution is -2.20. The lowest BCUT2D eigenvalue weighted by atomic mass is 10.1. The summed E-state index contributed by atoms with van der Waals surface area (Å²) in [6, 6.07) is 23.5. The molecule has 0 fully saturated rings. The fraction of sp³-hybridized carbons (Fsp3) is 0.115. The summed E-state index contributed by atoms with van der Waals surface area (Å²) in [4.78, 5) is 23.3. The van der Waals surface area contributed by atoms with E-state index in [-0.39, 0.29) is 17.2 Å². The van der Waals surface area contributed by atoms with Crippen molar-refractivity contribution in [1.29, 1.82) is 0 Å². The highest BCUT2D eigenvalue weighted by molar-refractivity contribution is 7.99. The third-order valence-electron chi connectivity index (χ3n) is 4.96. The number of carboxylic acid groups (broad SMARTS) is 1. The van der Waals surface area contributed by atoms with Gasteiger partial charge in [-0.15, -0.1) is 10.2 Å². The Labute approximate surface area is 211 Å². The molecule has 0 aliphatic rings. The summed E-state index contributed by atoms with van der Waals surface area (Å²) in [5.74, 6) is 0.169. The number of carbonyl (C=O) groups is 2. The maximum atomic E-state index is 12.4. The molecule has 0 saturated heterocycles. The Morgan fingerprint density at radius 1 is 1.03 bits per heavy atom. The highest BCUT2D eigenvalue weighted by Gasteiger charge is 2.17. The molecule has 10 heteroatoms. The van der Waals surface area contributed by atoms with Crippen molar-refractivity contribution in [2.45, 2.75) is 12.1 Å². The molecule has 0 bridgehead atoms. The molecule has 0 unspecified atom stereocenters. The molecule has 2 N–H and O–H groups in total. The fourth-order valence-electron chi connectivity index (χ4n) is 3.28. The number of aromatic nitrogens is 3. The van der Waals surface area contributed by atoms with Gasteiger partial charge >= 0.3 is 5.97 Å². The molecule has 1 amide bonds. The summed E-state index contributed by atoms with van der Waals surface area (Å²) in [5.41, 5.74) is 5.06. The summed E-state index contributed by atoms with van der Waals surface area (Å²) in [6.07, 6.45) is 1.45. The highest BCUT2D eigenvalue weighted by atomic mass is 32.2. The molecular weight excluding hydrogens is 478 g/mol. The van der Waals surface area contributed by atoms with Crippen molar-refractivity contribution in [3.8, 4) is 22.8 Å². The van der Waals surface area contributed by atoms with Crippen LogP contribution in [0.1, 0.15) is 22.8 Å². The minimum absolute atomic E-state index is 0.0687. The first-order chi connectivity index (χ1) is 17.5. The molecule has 0 saturated carbocycles. The summed E-state index contributed by atoms with van der Waals surface area (Å²) in [7, 11) is 0. The van der Waals surface area contributed by atoms with Gasteiger partial charge in [-0.1, -0.05) is 54.2 Å². The largest absolute Gasteiger partial charge is 0.494 e. The average Bonchev–Trinajstić information content (AvgIpc) is 3.33. The second-order valence-corrected chi connectivity index (χ2v) is 8.39. The molecule has 182 valence electrons. The monoisotopic (exact) mass is 501 g/mol. The van der Waals surface area contributed by atoms with Gasteiger partial charge in [-0.05, 0) is 48.9 Å². The van der Waals surface area contributed by atoms with E-state index in [1.165, 1.54) is 30.1 Å². The Hall–Kier alpha value is -4.44. The summed E-state index contributed by atoms with van der Waals surface area (Å²) in [5, 5.41) is 22.2. The van der Waals surface area contributed by atoms with Crippen LogP contribution in [0.2, 0.25) is 0 Å². The van der Waals surface area contributed by atoms with Crippen LogP contribution in [0.5, 0.6) is 5.75 Å². The first-order valence-electron chi connectivity index (χ1n) is 11.1. The van der Waals surface area contributed by atoms with Crippen molar-refractivity contribution >= 4 is 29.9 Å². The molecule has 0 aliphatic heterocycles. The number of thioether (sulfide) groups is 1. The van der Waals surface area contributed by atoms with Crippen molar-refractivity contribution in [2.24, 2.45) is 5.10 Å². The van der Waals surface area contributed by atoms with E-state index >= 15 is 0 Å². The van der Waals surface area contributed by atoms with E-state index in [2.05, 4.69) is 20.7 Å². The number of hydrogen-bond acceptors (Lipinski definition) is 7. The first-order valence-corrected chi connectivity index (χ1v) is 12.1. The molecule has 0 spiro atoms. The Kier molecular flexibility index (Phi) is 8.09. The number of amides is 1. The molecule has 0 aliphatic carbocycles. The molecule has 3 aromatic carbocycles. The molecule has 1 aromatic heterocycles. The Balaban J connectivity index is 1.47. The molecule has 0 radical (unpaired) electrons. The van der Waals surface area contributed by atoms with Crippen LogP contribution >= 0.6 is 11.8 Å². The molecule has 1 heterocycles. The van der Waals surface area contributed by atoms with Gasteiger partial charge in [0, 0.05) is 11.3 Å². The van der Waals surface area contributed by atoms with Gasteiger partial charge in [-0.25, -0.2) is 10.2 Å². The van der Waals surface area contributed by atoms with Gasteiger partial charge in [0.2, 0.25) is 0 Å². The zero-order valence-corrected chi connectivity index (χ0v) is 20.2. The standard InChI is InChI=1S/C26H23N5O4S/c1-2-35-22-14-12-21(13-15-22)31-24(19-6-4-3-5-7-19)29-30-26(31)36-17-23(32)28-27-16-18-8-10-20(11-9-18)25(33)34/h3-16H,2,17H2,1H3,(H,28,32)(H,33,34)/b27-16-. The number of ether oxygens (including phenoxy) is 1. The summed E-state index contributed by atoms with van der Waals surface area (Å²) < 4.78 is 7.45. The van der Waals surface area contributed by atoms with Crippen LogP contribution in [0, 0.1) is 0 Å². The van der Waals surface area contributed by atoms with Crippen LogP contribution in [0.3, 0.4) is 0 Å². The van der Waals surface area contributed by atoms with Crippen LogP contribution in [0.4, 0.5) is 0 Å². The topological polar surface area (TPSA) is 119 Å². The van der Waals surface area contributed by atoms with Crippen LogP contribution in [0.25, 0.3) is 17.1 Å². The van der Waals surface area contributed by atoms with Crippen molar-refractivity contribution in [3.63, 3.8) is 0 Å². The van der Waals surface area contributed by atoms with Gasteiger partial charge in [0.15, 0.2) is 11.0 Å². The van der Waals surface area contributed by atoms with Gasteiger partial charge < -0.3 is 9.84 Å². The zero-order chi connectivity index (χ0) is 25.3. The van der Waals surface area contributed by atoms with E-state index < -0.39 is 5.97 Å². The van der Waals surface area contributed by atoms with Gasteiger partial charge in [-0.2, -0.15) is 5.10 Å². The van der Waals surface area contributed by atoms with Gasteiger partial charge in [0.05, 0.1) is 24.1 Å². The average molecular weight is 502 g/mol. The number of aromatic carboxylic acids is 1. The van der Waals surface area contributed by atoms with Crippen molar-refractivity contribution in [3.05, 3.63) is 90.0 Å². The number of nitrogens with one attached hydrogen (secondary N) is 1. The zero-order valence-electron chi connectivity index (χ0n) is 19.4. The van der Waals surface area contributed by atoms with Gasteiger partial charge in [0.1, 0.15) is 5.75 Å². The van der Waals surface area contributed by atoms with Gasteiger partial charge in [0.25, 0.3) is 5.91 Å². The van der Waals surface area contributed by atoms with E-state index in [0.29, 0.717) is 23.2 Å². The van der Waals surface area contributed by atoms with E-state index in [4.69, 9.17) is 9.84 Å². The Bertz CT molecular complexity index is 1350. The quantitative estimate of drug-likeness (QED) is 0.189. The Morgan fingerprint density at radius 3 is 2.42 bits per heavy atom. The Morgan fingerprint density at radius 2 is 1.75 bits per heavy atom. The maximum Gasteiger partial charge on any atom is 0.335 e. The number of benzene rings is 3. The molecule has 9 nitrogen and oxygen atoms in total. The van der Waals surface area contributed by atoms with Crippen LogP contribution in [0.15, 0.2) is 89.1 Å². The summed E-state index contributed by atoms with van der Waals surface area (Å²) in [6.45, 7) is 2.51. The second kappa shape index (κ2) is 11.8. The lowest BCUT2D eigenvalue weighted by molar-refractivity contribution is -0.118. The van der Waals surface area contributed by atoms with Gasteiger partial charge in [-0.3, -0.25) is 9.36 Å². The first kappa shape index (κ1) is 24.7. The highest BCUT2D eigenvalue weighted by Crippen LogP contribution is 2.28. The number of nitrogens with zero attached hydrogens (tertiary/aromatic N) is 4. The normalized spacial score (nSPS) is 10.9. The molecule has 36 heavy (non-hydrogen) atoms. The van der Waals surface area contributed by atoms with E-state index in [1.54, 1.807) is 12.1 Å². The third kappa shape index (κ3) is 6.16. The SMILES string of the molecule is CCOc1ccc(-n2c(SCC(=O)N/N=C\c3ccc(C(=O)O)cc3)nnc2-c2ccccc2)cc1. The predicted molar refractivity (Wildman–Crippen MR) is 138 cm³/mol. The number of rotatable bonds is 10. The van der Waals surface area contributed by atoms with Crippen LogP contribution in [-0.2, 0) is 4.79 Å². The van der Waals surface area contributed by atoms with Crippen LogP contribution in [-0.4, -0.2) is 50.3 Å². The minimum Gasteiger partial charge on any atom is -0.494 e. The van der Waals surface area contributed by atoms with E-state index in [0.717, 1.165) is 17.0 Å². The molecule has 4 rings (SSSR count). The van der Waals surface area contributed by atoms with E-state index in [1.807, 2.05) is 66.1 Å². The minimum atomic E-state index is -1.00. The van der Waals surface area contributed by atoms with Crippen molar-refractivity contribution in [2.75, 3.05) is 12.4 Å². The fourth-order valence-corrected chi connectivity index (χ4v) is 4.03. The predicted octanol–water partition coefficient (Wildman–Crippen LogP) is 4.27. The molecule has 0 atom stereocenters. The van der Waals surface area contributed by atoms with Crippen molar-refractivity contribution < 1.29 is 19.4 Å². The van der Waals surface area contributed by atoms with Crippen LogP contribution < -0.4 is 10.2 Å². The number of hydrogen-bond donors (Lipinski definition) is 2. The number of hydrazone groups is 1. The van der Waals surface area contributed by atoms with Crippen molar-refractivity contribution in [1.82, 2.24) is 20.2 Å².